The monoisotopic (exact) mass is 331 g/mol. The number of ether oxygens (including phenoxy) is 1. The summed E-state index contributed by atoms with van der Waals surface area (Å²) in [5, 5.41) is 2.83. The van der Waals surface area contributed by atoms with Crippen LogP contribution in [0, 0.1) is 0 Å². The molecule has 2 aromatic rings. The number of hydrogen-bond acceptors (Lipinski definition) is 5. The van der Waals surface area contributed by atoms with E-state index in [2.05, 4.69) is 10.3 Å². The van der Waals surface area contributed by atoms with Crippen molar-refractivity contribution in [3.05, 3.63) is 54.2 Å². The van der Waals surface area contributed by atoms with Crippen molar-refractivity contribution in [1.29, 1.82) is 0 Å². The molecule has 0 saturated heterocycles. The third kappa shape index (κ3) is 5.51. The second kappa shape index (κ2) is 9.46. The molecule has 0 radical (unpaired) electrons. The molecular formula is C17H21N3O4. The highest BCUT2D eigenvalue weighted by atomic mass is 16.5. The van der Waals surface area contributed by atoms with Gasteiger partial charge in [0.25, 0.3) is 5.91 Å². The van der Waals surface area contributed by atoms with Crippen LogP contribution in [-0.4, -0.2) is 48.5 Å². The van der Waals surface area contributed by atoms with E-state index in [1.54, 1.807) is 30.5 Å². The van der Waals surface area contributed by atoms with E-state index < -0.39 is 0 Å². The standard InChI is InChI=1S/C17H21N3O4/c1-23-11-9-20(17(22)15-5-10-24-13-15)8-4-16(21)19-12-14-2-6-18-7-3-14/h2-3,5-7,10,13H,4,8-9,11-12H2,1H3,(H,19,21). The molecule has 2 rings (SSSR count). The molecule has 1 N–H and O–H groups in total. The Balaban J connectivity index is 1.83. The third-order valence-corrected chi connectivity index (χ3v) is 3.47. The summed E-state index contributed by atoms with van der Waals surface area (Å²) in [6, 6.07) is 5.28. The van der Waals surface area contributed by atoms with E-state index in [0.717, 1.165) is 5.56 Å². The molecule has 24 heavy (non-hydrogen) atoms. The molecule has 2 amide bonds. The van der Waals surface area contributed by atoms with Gasteiger partial charge in [-0.05, 0) is 23.8 Å². The number of rotatable bonds is 9. The molecule has 0 aromatic carbocycles. The first-order valence-corrected chi connectivity index (χ1v) is 7.66. The highest BCUT2D eigenvalue weighted by Gasteiger charge is 2.17. The van der Waals surface area contributed by atoms with Gasteiger partial charge in [0.05, 0.1) is 18.4 Å². The molecule has 0 spiro atoms. The van der Waals surface area contributed by atoms with Gasteiger partial charge < -0.3 is 19.4 Å². The van der Waals surface area contributed by atoms with Crippen LogP contribution in [0.2, 0.25) is 0 Å². The molecule has 0 fully saturated rings. The quantitative estimate of drug-likeness (QED) is 0.752. The Bertz CT molecular complexity index is 629. The fraction of sp³-hybridized carbons (Fsp3) is 0.353. The normalized spacial score (nSPS) is 10.4. The van der Waals surface area contributed by atoms with E-state index in [1.807, 2.05) is 12.1 Å². The summed E-state index contributed by atoms with van der Waals surface area (Å²) >= 11 is 0. The van der Waals surface area contributed by atoms with Crippen molar-refractivity contribution in [2.75, 3.05) is 26.8 Å². The number of amides is 2. The highest BCUT2D eigenvalue weighted by molar-refractivity contribution is 5.94. The van der Waals surface area contributed by atoms with Crippen LogP contribution in [0.15, 0.2) is 47.5 Å². The van der Waals surface area contributed by atoms with Crippen molar-refractivity contribution in [2.24, 2.45) is 0 Å². The summed E-state index contributed by atoms with van der Waals surface area (Å²) in [7, 11) is 1.57. The molecule has 7 nitrogen and oxygen atoms in total. The number of nitrogens with zero attached hydrogens (tertiary/aromatic N) is 2. The molecule has 0 bridgehead atoms. The fourth-order valence-corrected chi connectivity index (χ4v) is 2.11. The average molecular weight is 331 g/mol. The number of aromatic nitrogens is 1. The van der Waals surface area contributed by atoms with Crippen LogP contribution >= 0.6 is 0 Å². The van der Waals surface area contributed by atoms with Crippen molar-refractivity contribution < 1.29 is 18.7 Å². The predicted octanol–water partition coefficient (Wildman–Crippen LogP) is 1.47. The van der Waals surface area contributed by atoms with Gasteiger partial charge in [0, 0.05) is 45.6 Å². The lowest BCUT2D eigenvalue weighted by molar-refractivity contribution is -0.121. The molecule has 2 aromatic heterocycles. The molecule has 7 heteroatoms. The van der Waals surface area contributed by atoms with Gasteiger partial charge in [0.2, 0.25) is 5.91 Å². The second-order valence-electron chi connectivity index (χ2n) is 5.18. The first kappa shape index (κ1) is 17.7. The summed E-state index contributed by atoms with van der Waals surface area (Å²) < 4.78 is 9.97. The van der Waals surface area contributed by atoms with Crippen LogP contribution in [0.5, 0.6) is 0 Å². The molecule has 0 aliphatic rings. The van der Waals surface area contributed by atoms with E-state index in [4.69, 9.17) is 9.15 Å². The molecule has 0 atom stereocenters. The molecule has 0 aliphatic carbocycles. The number of furan rings is 1. The van der Waals surface area contributed by atoms with Crippen LogP contribution in [0.3, 0.4) is 0 Å². The minimum absolute atomic E-state index is 0.116. The Labute approximate surface area is 140 Å². The van der Waals surface area contributed by atoms with Crippen molar-refractivity contribution in [1.82, 2.24) is 15.2 Å². The lowest BCUT2D eigenvalue weighted by atomic mass is 10.2. The highest BCUT2D eigenvalue weighted by Crippen LogP contribution is 2.06. The van der Waals surface area contributed by atoms with Gasteiger partial charge in [0.15, 0.2) is 0 Å². The largest absolute Gasteiger partial charge is 0.472 e. The maximum absolute atomic E-state index is 12.4. The first-order chi connectivity index (χ1) is 11.7. The number of nitrogens with one attached hydrogen (secondary N) is 1. The molecular weight excluding hydrogens is 310 g/mol. The topological polar surface area (TPSA) is 84.7 Å². The first-order valence-electron chi connectivity index (χ1n) is 7.66. The Morgan fingerprint density at radius 3 is 2.71 bits per heavy atom. The van der Waals surface area contributed by atoms with Gasteiger partial charge in [0.1, 0.15) is 6.26 Å². The van der Waals surface area contributed by atoms with E-state index in [-0.39, 0.29) is 18.2 Å². The maximum Gasteiger partial charge on any atom is 0.257 e. The summed E-state index contributed by atoms with van der Waals surface area (Å²) in [5.74, 6) is -0.294. The third-order valence-electron chi connectivity index (χ3n) is 3.47. The van der Waals surface area contributed by atoms with Crippen LogP contribution in [0.25, 0.3) is 0 Å². The van der Waals surface area contributed by atoms with Gasteiger partial charge in [-0.3, -0.25) is 14.6 Å². The zero-order chi connectivity index (χ0) is 17.2. The van der Waals surface area contributed by atoms with Crippen molar-refractivity contribution in [2.45, 2.75) is 13.0 Å². The number of carbonyl (C=O) groups excluding carboxylic acids is 2. The van der Waals surface area contributed by atoms with E-state index in [9.17, 15) is 9.59 Å². The number of methoxy groups -OCH3 is 1. The van der Waals surface area contributed by atoms with Gasteiger partial charge >= 0.3 is 0 Å². The fourth-order valence-electron chi connectivity index (χ4n) is 2.11. The summed E-state index contributed by atoms with van der Waals surface area (Å²) in [6.45, 7) is 1.57. The van der Waals surface area contributed by atoms with E-state index in [1.165, 1.54) is 12.5 Å². The molecule has 2 heterocycles. The Morgan fingerprint density at radius 1 is 1.25 bits per heavy atom. The Hall–Kier alpha value is -2.67. The summed E-state index contributed by atoms with van der Waals surface area (Å²) in [5.41, 5.74) is 1.44. The van der Waals surface area contributed by atoms with E-state index in [0.29, 0.717) is 31.8 Å². The molecule has 0 aliphatic heterocycles. The van der Waals surface area contributed by atoms with Crippen molar-refractivity contribution in [3.8, 4) is 0 Å². The minimum Gasteiger partial charge on any atom is -0.472 e. The smallest absolute Gasteiger partial charge is 0.257 e. The number of carbonyl (C=O) groups is 2. The minimum atomic E-state index is -0.178. The second-order valence-corrected chi connectivity index (χ2v) is 5.18. The number of hydrogen-bond donors (Lipinski definition) is 1. The van der Waals surface area contributed by atoms with Gasteiger partial charge in [-0.1, -0.05) is 0 Å². The Kier molecular flexibility index (Phi) is 6.97. The maximum atomic E-state index is 12.4. The summed E-state index contributed by atoms with van der Waals surface area (Å²) in [4.78, 5) is 29.9. The predicted molar refractivity (Wildman–Crippen MR) is 87.2 cm³/mol. The van der Waals surface area contributed by atoms with Crippen LogP contribution < -0.4 is 5.32 Å². The lowest BCUT2D eigenvalue weighted by Gasteiger charge is -2.21. The molecule has 0 unspecified atom stereocenters. The zero-order valence-electron chi connectivity index (χ0n) is 13.6. The average Bonchev–Trinajstić information content (AvgIpc) is 3.15. The van der Waals surface area contributed by atoms with Crippen molar-refractivity contribution >= 4 is 11.8 Å². The van der Waals surface area contributed by atoms with Gasteiger partial charge in [-0.25, -0.2) is 0 Å². The number of pyridine rings is 1. The van der Waals surface area contributed by atoms with Crippen LogP contribution in [0.1, 0.15) is 22.3 Å². The van der Waals surface area contributed by atoms with Gasteiger partial charge in [-0.15, -0.1) is 0 Å². The van der Waals surface area contributed by atoms with E-state index >= 15 is 0 Å². The lowest BCUT2D eigenvalue weighted by Crippen LogP contribution is -2.37. The van der Waals surface area contributed by atoms with Gasteiger partial charge in [-0.2, -0.15) is 0 Å². The van der Waals surface area contributed by atoms with Crippen LogP contribution in [0.4, 0.5) is 0 Å². The SMILES string of the molecule is COCCN(CCC(=O)NCc1ccncc1)C(=O)c1ccoc1. The molecule has 0 saturated carbocycles. The Morgan fingerprint density at radius 2 is 2.04 bits per heavy atom. The summed E-state index contributed by atoms with van der Waals surface area (Å²) in [6.07, 6.45) is 6.42. The zero-order valence-corrected chi connectivity index (χ0v) is 13.6. The molecule has 128 valence electrons. The van der Waals surface area contributed by atoms with Crippen LogP contribution in [-0.2, 0) is 16.1 Å². The van der Waals surface area contributed by atoms with Crippen molar-refractivity contribution in [3.63, 3.8) is 0 Å².